The van der Waals surface area contributed by atoms with E-state index in [-0.39, 0.29) is 11.3 Å². The molecule has 174 valence electrons. The lowest BCUT2D eigenvalue weighted by atomic mass is 9.95. The van der Waals surface area contributed by atoms with Crippen molar-refractivity contribution in [2.75, 3.05) is 46.5 Å². The van der Waals surface area contributed by atoms with E-state index in [0.717, 1.165) is 37.2 Å². The van der Waals surface area contributed by atoms with E-state index in [0.29, 0.717) is 31.1 Å². The average molecular weight is 451 g/mol. The topological polar surface area (TPSA) is 79.3 Å². The number of hydrogen-bond acceptors (Lipinski definition) is 6. The Labute approximate surface area is 194 Å². The van der Waals surface area contributed by atoms with Crippen molar-refractivity contribution in [2.45, 2.75) is 19.4 Å². The van der Waals surface area contributed by atoms with E-state index in [9.17, 15) is 14.7 Å². The molecule has 0 saturated carbocycles. The first-order valence-electron chi connectivity index (χ1n) is 11.3. The van der Waals surface area contributed by atoms with Crippen molar-refractivity contribution >= 4 is 17.4 Å². The number of hydrogen-bond donors (Lipinski definition) is 1. The quantitative estimate of drug-likeness (QED) is 0.397. The molecule has 0 spiro atoms. The van der Waals surface area contributed by atoms with Gasteiger partial charge in [-0.2, -0.15) is 0 Å². The molecule has 1 N–H and O–H groups in total. The van der Waals surface area contributed by atoms with Crippen LogP contribution in [-0.2, 0) is 14.3 Å². The average Bonchev–Trinajstić information content (AvgIpc) is 3.10. The van der Waals surface area contributed by atoms with Crippen molar-refractivity contribution in [1.82, 2.24) is 9.80 Å². The Balaban J connectivity index is 1.68. The number of Topliss-reactive ketones (excluding diaryl/α,β-unsaturated/α-hetero) is 1. The minimum Gasteiger partial charge on any atom is -0.507 e. The van der Waals surface area contributed by atoms with E-state index in [1.54, 1.807) is 24.1 Å². The second kappa shape index (κ2) is 10.2. The second-order valence-corrected chi connectivity index (χ2v) is 8.44. The van der Waals surface area contributed by atoms with Gasteiger partial charge in [-0.15, -0.1) is 0 Å². The highest BCUT2D eigenvalue weighted by Gasteiger charge is 2.45. The van der Waals surface area contributed by atoms with Crippen molar-refractivity contribution in [3.63, 3.8) is 0 Å². The van der Waals surface area contributed by atoms with Gasteiger partial charge in [-0.25, -0.2) is 0 Å². The lowest BCUT2D eigenvalue weighted by molar-refractivity contribution is -0.140. The monoisotopic (exact) mass is 450 g/mol. The third kappa shape index (κ3) is 4.94. The number of aryl methyl sites for hydroxylation is 1. The standard InChI is InChI=1S/C26H30N2O5/c1-18-7-9-19(10-8-18)24(29)22-23(20-5-3-6-21(17-20)32-2)28(26(31)25(22)30)12-4-11-27-13-15-33-16-14-27/h3,5-10,17,23,29H,4,11-16H2,1-2H3. The molecule has 7 heteroatoms. The molecular formula is C26H30N2O5. The first-order chi connectivity index (χ1) is 16.0. The summed E-state index contributed by atoms with van der Waals surface area (Å²) in [6, 6.07) is 13.9. The summed E-state index contributed by atoms with van der Waals surface area (Å²) in [6.45, 7) is 6.34. The summed E-state index contributed by atoms with van der Waals surface area (Å²) in [6.07, 6.45) is 0.720. The van der Waals surface area contributed by atoms with Gasteiger partial charge < -0.3 is 19.5 Å². The molecular weight excluding hydrogens is 420 g/mol. The van der Waals surface area contributed by atoms with Crippen LogP contribution in [0.15, 0.2) is 54.1 Å². The molecule has 1 unspecified atom stereocenters. The fourth-order valence-corrected chi connectivity index (χ4v) is 4.43. The predicted molar refractivity (Wildman–Crippen MR) is 125 cm³/mol. The van der Waals surface area contributed by atoms with Gasteiger partial charge in [-0.05, 0) is 31.0 Å². The summed E-state index contributed by atoms with van der Waals surface area (Å²) in [5.74, 6) is -0.774. The van der Waals surface area contributed by atoms with Crippen molar-refractivity contribution in [1.29, 1.82) is 0 Å². The van der Waals surface area contributed by atoms with Crippen LogP contribution in [0, 0.1) is 6.92 Å². The number of benzene rings is 2. The molecule has 0 aromatic heterocycles. The summed E-state index contributed by atoms with van der Waals surface area (Å²) in [4.78, 5) is 30.1. The van der Waals surface area contributed by atoms with E-state index in [1.165, 1.54) is 0 Å². The minimum absolute atomic E-state index is 0.114. The molecule has 2 heterocycles. The predicted octanol–water partition coefficient (Wildman–Crippen LogP) is 3.15. The molecule has 33 heavy (non-hydrogen) atoms. The highest BCUT2D eigenvalue weighted by Crippen LogP contribution is 2.40. The van der Waals surface area contributed by atoms with Crippen molar-refractivity contribution in [2.24, 2.45) is 0 Å². The SMILES string of the molecule is COc1cccc(C2C(=C(O)c3ccc(C)cc3)C(=O)C(=O)N2CCCN2CCOCC2)c1. The first-order valence-corrected chi connectivity index (χ1v) is 11.3. The zero-order valence-electron chi connectivity index (χ0n) is 19.1. The largest absolute Gasteiger partial charge is 0.507 e. The minimum atomic E-state index is -0.675. The molecule has 0 radical (unpaired) electrons. The van der Waals surface area contributed by atoms with Gasteiger partial charge >= 0.3 is 0 Å². The van der Waals surface area contributed by atoms with E-state index in [4.69, 9.17) is 9.47 Å². The Morgan fingerprint density at radius 1 is 1.09 bits per heavy atom. The third-order valence-electron chi connectivity index (χ3n) is 6.25. The van der Waals surface area contributed by atoms with Crippen LogP contribution >= 0.6 is 0 Å². The molecule has 1 atom stereocenters. The van der Waals surface area contributed by atoms with Crippen molar-refractivity contribution < 1.29 is 24.2 Å². The highest BCUT2D eigenvalue weighted by molar-refractivity contribution is 6.46. The van der Waals surface area contributed by atoms with Gasteiger partial charge in [0.1, 0.15) is 11.5 Å². The molecule has 7 nitrogen and oxygen atoms in total. The Hall–Kier alpha value is -3.16. The number of aliphatic hydroxyl groups is 1. The summed E-state index contributed by atoms with van der Waals surface area (Å²) >= 11 is 0. The van der Waals surface area contributed by atoms with Gasteiger partial charge in [-0.1, -0.05) is 42.0 Å². The molecule has 2 aliphatic heterocycles. The van der Waals surface area contributed by atoms with Gasteiger partial charge in [-0.3, -0.25) is 14.5 Å². The maximum Gasteiger partial charge on any atom is 0.295 e. The first kappa shape index (κ1) is 23.0. The number of carbonyl (C=O) groups is 2. The molecule has 2 aromatic carbocycles. The maximum atomic E-state index is 13.1. The highest BCUT2D eigenvalue weighted by atomic mass is 16.5. The van der Waals surface area contributed by atoms with Crippen LogP contribution in [0.4, 0.5) is 0 Å². The van der Waals surface area contributed by atoms with Crippen molar-refractivity contribution in [3.8, 4) is 5.75 Å². The number of methoxy groups -OCH3 is 1. The van der Waals surface area contributed by atoms with Crippen LogP contribution in [0.3, 0.4) is 0 Å². The Morgan fingerprint density at radius 3 is 2.52 bits per heavy atom. The smallest absolute Gasteiger partial charge is 0.295 e. The molecule has 2 aromatic rings. The van der Waals surface area contributed by atoms with Gasteiger partial charge in [0.25, 0.3) is 11.7 Å². The number of morpholine rings is 1. The van der Waals surface area contributed by atoms with Crippen LogP contribution in [0.25, 0.3) is 5.76 Å². The molecule has 0 bridgehead atoms. The summed E-state index contributed by atoms with van der Waals surface area (Å²) in [7, 11) is 1.57. The lowest BCUT2D eigenvalue weighted by Crippen LogP contribution is -2.38. The van der Waals surface area contributed by atoms with Crippen LogP contribution in [0.2, 0.25) is 0 Å². The van der Waals surface area contributed by atoms with Crippen LogP contribution in [0.1, 0.15) is 29.2 Å². The number of ether oxygens (including phenoxy) is 2. The number of amides is 1. The van der Waals surface area contributed by atoms with Crippen LogP contribution in [-0.4, -0.2) is 73.1 Å². The number of rotatable bonds is 7. The number of nitrogens with zero attached hydrogens (tertiary/aromatic N) is 2. The number of likely N-dealkylation sites (tertiary alicyclic amines) is 1. The van der Waals surface area contributed by atoms with E-state index >= 15 is 0 Å². The summed E-state index contributed by atoms with van der Waals surface area (Å²) < 4.78 is 10.8. The van der Waals surface area contributed by atoms with E-state index < -0.39 is 17.7 Å². The molecule has 1 amide bonds. The van der Waals surface area contributed by atoms with Gasteiger partial charge in [0.05, 0.1) is 31.9 Å². The fraction of sp³-hybridized carbons (Fsp3) is 0.385. The molecule has 0 aliphatic carbocycles. The number of ketones is 1. The van der Waals surface area contributed by atoms with Gasteiger partial charge in [0.2, 0.25) is 0 Å². The van der Waals surface area contributed by atoms with Crippen molar-refractivity contribution in [3.05, 3.63) is 70.8 Å². The molecule has 2 saturated heterocycles. The normalized spacial score (nSPS) is 20.9. The zero-order chi connectivity index (χ0) is 23.4. The second-order valence-electron chi connectivity index (χ2n) is 8.44. The Kier molecular flexibility index (Phi) is 7.11. The third-order valence-corrected chi connectivity index (χ3v) is 6.25. The molecule has 2 fully saturated rings. The van der Waals surface area contributed by atoms with E-state index in [1.807, 2.05) is 43.3 Å². The van der Waals surface area contributed by atoms with Gasteiger partial charge in [0.15, 0.2) is 0 Å². The zero-order valence-corrected chi connectivity index (χ0v) is 19.1. The molecule has 4 rings (SSSR count). The van der Waals surface area contributed by atoms with Crippen LogP contribution in [0.5, 0.6) is 5.75 Å². The van der Waals surface area contributed by atoms with Crippen LogP contribution < -0.4 is 4.74 Å². The van der Waals surface area contributed by atoms with E-state index in [2.05, 4.69) is 4.90 Å². The Morgan fingerprint density at radius 2 is 1.82 bits per heavy atom. The lowest BCUT2D eigenvalue weighted by Gasteiger charge is -2.29. The maximum absolute atomic E-state index is 13.1. The number of aliphatic hydroxyl groups excluding tert-OH is 1. The number of carbonyl (C=O) groups excluding carboxylic acids is 2. The summed E-state index contributed by atoms with van der Waals surface area (Å²) in [5, 5.41) is 11.1. The van der Waals surface area contributed by atoms with Gasteiger partial charge in [0, 0.05) is 31.7 Å². The fourth-order valence-electron chi connectivity index (χ4n) is 4.43. The molecule has 2 aliphatic rings. The Bertz CT molecular complexity index is 1040. The summed E-state index contributed by atoms with van der Waals surface area (Å²) in [5.41, 5.74) is 2.40.